The second-order valence-electron chi connectivity index (χ2n) is 12.7. The van der Waals surface area contributed by atoms with Gasteiger partial charge in [0.2, 0.25) is 11.8 Å². The first kappa shape index (κ1) is 34.7. The van der Waals surface area contributed by atoms with Gasteiger partial charge in [0.05, 0.1) is 11.5 Å². The van der Waals surface area contributed by atoms with E-state index in [0.717, 1.165) is 27.1 Å². The fourth-order valence-electron chi connectivity index (χ4n) is 4.50. The number of Topliss-reactive ketones (excluding diaryl/α,β-unsaturated/α-hetero) is 1. The number of nitrogens with one attached hydrogen (secondary N) is 1. The van der Waals surface area contributed by atoms with Gasteiger partial charge in [-0.2, -0.15) is 0 Å². The van der Waals surface area contributed by atoms with Crippen molar-refractivity contribution in [2.45, 2.75) is 65.8 Å². The Morgan fingerprint density at radius 2 is 1.59 bits per heavy atom. The number of amides is 1. The van der Waals surface area contributed by atoms with Gasteiger partial charge in [-0.05, 0) is 48.4 Å². The lowest BCUT2D eigenvalue weighted by Crippen LogP contribution is -2.42. The molecule has 1 amide bonds. The van der Waals surface area contributed by atoms with Crippen molar-refractivity contribution in [3.63, 3.8) is 0 Å². The molecule has 3 heterocycles. The molecule has 0 saturated carbocycles. The number of benzene rings is 1. The Labute approximate surface area is 278 Å². The first-order valence-electron chi connectivity index (χ1n) is 15.1. The van der Waals surface area contributed by atoms with E-state index in [1.54, 1.807) is 30.7 Å². The Morgan fingerprint density at radius 3 is 2.15 bits per heavy atom. The molecule has 242 valence electrons. The fraction of sp³-hybridized carbons (Fsp3) is 0.371. The third-order valence-electron chi connectivity index (χ3n) is 7.19. The number of hydrogen-bond donors (Lipinski definition) is 2. The molecular formula is C35H39ClN4O5S. The molecule has 2 atom stereocenters. The summed E-state index contributed by atoms with van der Waals surface area (Å²) in [5.74, 6) is -1.27. The van der Waals surface area contributed by atoms with Gasteiger partial charge in [0.25, 0.3) is 0 Å². The average molecular weight is 663 g/mol. The Morgan fingerprint density at radius 1 is 0.935 bits per heavy atom. The number of pyridine rings is 1. The van der Waals surface area contributed by atoms with E-state index in [4.69, 9.17) is 16.3 Å². The molecule has 11 heteroatoms. The van der Waals surface area contributed by atoms with Gasteiger partial charge in [0.1, 0.15) is 11.1 Å². The number of aliphatic carboxylic acids is 1. The van der Waals surface area contributed by atoms with Gasteiger partial charge in [0, 0.05) is 52.5 Å². The number of ketones is 1. The van der Waals surface area contributed by atoms with Crippen molar-refractivity contribution in [1.29, 1.82) is 0 Å². The molecule has 3 aromatic heterocycles. The molecule has 0 aliphatic carbocycles. The SMILES string of the molecule is CC(C)COc1ncc(-c2cnc(-c3ccc(C[C@H](CC(=O)c4ccc(C(C)(C)C)s4)C(=O)N[C@H](C)C(=O)O)cc3)nc2)cc1Cl. The lowest BCUT2D eigenvalue weighted by atomic mass is 9.92. The Hall–Kier alpha value is -4.15. The number of hydrogen-bond acceptors (Lipinski definition) is 8. The third kappa shape index (κ3) is 9.20. The van der Waals surface area contributed by atoms with Crippen LogP contribution in [-0.2, 0) is 21.4 Å². The van der Waals surface area contributed by atoms with Gasteiger partial charge in [-0.15, -0.1) is 11.3 Å². The van der Waals surface area contributed by atoms with E-state index in [-0.39, 0.29) is 24.0 Å². The Bertz CT molecular complexity index is 1680. The zero-order valence-electron chi connectivity index (χ0n) is 26.8. The molecule has 0 unspecified atom stereocenters. The minimum absolute atomic E-state index is 0.0434. The van der Waals surface area contributed by atoms with Crippen molar-refractivity contribution in [1.82, 2.24) is 20.3 Å². The lowest BCUT2D eigenvalue weighted by molar-refractivity contribution is -0.141. The zero-order chi connectivity index (χ0) is 33.6. The molecule has 9 nitrogen and oxygen atoms in total. The topological polar surface area (TPSA) is 131 Å². The summed E-state index contributed by atoms with van der Waals surface area (Å²) in [6, 6.07) is 11.9. The minimum Gasteiger partial charge on any atom is -0.480 e. The molecule has 0 saturated heterocycles. The normalized spacial score (nSPS) is 12.9. The van der Waals surface area contributed by atoms with Crippen LogP contribution in [0.1, 0.15) is 68.1 Å². The summed E-state index contributed by atoms with van der Waals surface area (Å²) >= 11 is 7.80. The number of rotatable bonds is 13. The maximum Gasteiger partial charge on any atom is 0.325 e. The number of carboxylic acids is 1. The average Bonchev–Trinajstić information content (AvgIpc) is 3.52. The molecule has 2 N–H and O–H groups in total. The first-order valence-corrected chi connectivity index (χ1v) is 16.3. The summed E-state index contributed by atoms with van der Waals surface area (Å²) in [7, 11) is 0. The summed E-state index contributed by atoms with van der Waals surface area (Å²) in [6.45, 7) is 12.3. The molecule has 1 aromatic carbocycles. The maximum absolute atomic E-state index is 13.2. The predicted octanol–water partition coefficient (Wildman–Crippen LogP) is 7.27. The Balaban J connectivity index is 1.47. The monoisotopic (exact) mass is 662 g/mol. The van der Waals surface area contributed by atoms with Crippen LogP contribution in [0.3, 0.4) is 0 Å². The molecule has 0 aliphatic heterocycles. The van der Waals surface area contributed by atoms with Gasteiger partial charge >= 0.3 is 5.97 Å². The van der Waals surface area contributed by atoms with Crippen molar-refractivity contribution in [3.05, 3.63) is 81.4 Å². The predicted molar refractivity (Wildman–Crippen MR) is 180 cm³/mol. The molecule has 0 radical (unpaired) electrons. The minimum atomic E-state index is -1.14. The van der Waals surface area contributed by atoms with Crippen molar-refractivity contribution in [3.8, 4) is 28.4 Å². The molecule has 0 spiro atoms. The second-order valence-corrected chi connectivity index (χ2v) is 14.2. The van der Waals surface area contributed by atoms with Gasteiger partial charge in [-0.3, -0.25) is 14.4 Å². The Kier molecular flexibility index (Phi) is 11.3. The van der Waals surface area contributed by atoms with Gasteiger partial charge < -0.3 is 15.2 Å². The van der Waals surface area contributed by atoms with Crippen LogP contribution in [0.15, 0.2) is 61.1 Å². The lowest BCUT2D eigenvalue weighted by Gasteiger charge is -2.18. The summed E-state index contributed by atoms with van der Waals surface area (Å²) in [6.07, 6.45) is 5.28. The van der Waals surface area contributed by atoms with E-state index in [1.807, 2.05) is 44.2 Å². The maximum atomic E-state index is 13.2. The fourth-order valence-corrected chi connectivity index (χ4v) is 5.73. The van der Waals surface area contributed by atoms with Crippen LogP contribution < -0.4 is 10.1 Å². The van der Waals surface area contributed by atoms with E-state index >= 15 is 0 Å². The highest BCUT2D eigenvalue weighted by atomic mass is 35.5. The zero-order valence-corrected chi connectivity index (χ0v) is 28.4. The van der Waals surface area contributed by atoms with Crippen LogP contribution in [0.5, 0.6) is 5.88 Å². The van der Waals surface area contributed by atoms with Crippen LogP contribution >= 0.6 is 22.9 Å². The van der Waals surface area contributed by atoms with E-state index in [0.29, 0.717) is 34.1 Å². The van der Waals surface area contributed by atoms with Crippen LogP contribution in [0.2, 0.25) is 5.02 Å². The number of aromatic nitrogens is 3. The number of carbonyl (C=O) groups excluding carboxylic acids is 2. The first-order chi connectivity index (χ1) is 21.7. The van der Waals surface area contributed by atoms with E-state index in [9.17, 15) is 19.5 Å². The summed E-state index contributed by atoms with van der Waals surface area (Å²) < 4.78 is 5.65. The molecule has 0 aliphatic rings. The van der Waals surface area contributed by atoms with Crippen LogP contribution in [0.25, 0.3) is 22.5 Å². The third-order valence-corrected chi connectivity index (χ3v) is 9.01. The van der Waals surface area contributed by atoms with Gasteiger partial charge in [-0.1, -0.05) is 70.5 Å². The molecule has 4 aromatic rings. The second kappa shape index (κ2) is 15.0. The summed E-state index contributed by atoms with van der Waals surface area (Å²) in [5.41, 5.74) is 3.01. The number of ether oxygens (including phenoxy) is 1. The molecule has 46 heavy (non-hydrogen) atoms. The van der Waals surface area contributed by atoms with E-state index < -0.39 is 23.8 Å². The highest BCUT2D eigenvalue weighted by molar-refractivity contribution is 7.14. The molecule has 0 bridgehead atoms. The van der Waals surface area contributed by atoms with Gasteiger partial charge in [-0.25, -0.2) is 15.0 Å². The number of halogens is 1. The van der Waals surface area contributed by atoms with Crippen molar-refractivity contribution in [2.75, 3.05) is 6.61 Å². The molecular weight excluding hydrogens is 624 g/mol. The number of nitrogens with zero attached hydrogens (tertiary/aromatic N) is 3. The van der Waals surface area contributed by atoms with E-state index in [2.05, 4.69) is 41.0 Å². The highest BCUT2D eigenvalue weighted by Gasteiger charge is 2.27. The van der Waals surface area contributed by atoms with Crippen LogP contribution in [-0.4, -0.2) is 50.4 Å². The standard InChI is InChI=1S/C35H39ClN4O5S/c1-20(2)19-45-33-27(36)14-25(16-39-33)26-17-37-31(38-18-26)23-9-7-22(8-10-23)13-24(32(42)40-21(3)34(43)44)15-28(41)29-11-12-30(46-29)35(4,5)6/h7-12,14,16-18,20-21,24H,13,15,19H2,1-6H3,(H,40,42)(H,43,44)/t21-,24-/m1/s1. The molecule has 0 fully saturated rings. The quantitative estimate of drug-likeness (QED) is 0.143. The number of thiophene rings is 1. The number of carboxylic acid groups (broad SMARTS) is 1. The van der Waals surface area contributed by atoms with Crippen LogP contribution in [0, 0.1) is 11.8 Å². The van der Waals surface area contributed by atoms with E-state index in [1.165, 1.54) is 18.3 Å². The van der Waals surface area contributed by atoms with Crippen LogP contribution in [0.4, 0.5) is 0 Å². The largest absolute Gasteiger partial charge is 0.480 e. The molecule has 4 rings (SSSR count). The summed E-state index contributed by atoms with van der Waals surface area (Å²) in [5, 5.41) is 12.3. The smallest absolute Gasteiger partial charge is 0.325 e. The van der Waals surface area contributed by atoms with Gasteiger partial charge in [0.15, 0.2) is 11.6 Å². The number of carbonyl (C=O) groups is 3. The van der Waals surface area contributed by atoms with Crippen molar-refractivity contribution < 1.29 is 24.2 Å². The van der Waals surface area contributed by atoms with Crippen molar-refractivity contribution in [2.24, 2.45) is 11.8 Å². The summed E-state index contributed by atoms with van der Waals surface area (Å²) in [4.78, 5) is 52.8. The highest BCUT2D eigenvalue weighted by Crippen LogP contribution is 2.31. The van der Waals surface area contributed by atoms with Crippen molar-refractivity contribution >= 4 is 40.6 Å².